The van der Waals surface area contributed by atoms with Crippen LogP contribution in [0.5, 0.6) is 0 Å². The highest BCUT2D eigenvalue weighted by Crippen LogP contribution is 2.27. The Kier molecular flexibility index (Phi) is 3.24. The Morgan fingerprint density at radius 3 is 2.67 bits per heavy atom. The molecule has 2 rings (SSSR count). The van der Waals surface area contributed by atoms with Crippen molar-refractivity contribution in [2.24, 2.45) is 0 Å². The van der Waals surface area contributed by atoms with Gasteiger partial charge in [0.25, 0.3) is 0 Å². The molecule has 0 amide bonds. The lowest BCUT2D eigenvalue weighted by molar-refractivity contribution is 0.427. The summed E-state index contributed by atoms with van der Waals surface area (Å²) in [5.74, 6) is 0. The van der Waals surface area contributed by atoms with Crippen LogP contribution in [-0.2, 0) is 0 Å². The Labute approximate surface area is 92.3 Å². The van der Waals surface area contributed by atoms with Gasteiger partial charge in [0.05, 0.1) is 0 Å². The van der Waals surface area contributed by atoms with Gasteiger partial charge in [0.2, 0.25) is 0 Å². The van der Waals surface area contributed by atoms with Crippen molar-refractivity contribution in [1.29, 1.82) is 0 Å². The van der Waals surface area contributed by atoms with Crippen LogP contribution in [0.15, 0.2) is 18.5 Å². The molecule has 0 bridgehead atoms. The molecule has 0 atom stereocenters. The normalized spacial score (nSPS) is 17.7. The van der Waals surface area contributed by atoms with E-state index in [0.29, 0.717) is 0 Å². The molecule has 0 spiro atoms. The molecule has 1 saturated carbocycles. The number of aromatic nitrogens is 1. The largest absolute Gasteiger partial charge is 0.371 e. The maximum absolute atomic E-state index is 4.15. The van der Waals surface area contributed by atoms with Crippen molar-refractivity contribution in [2.45, 2.75) is 45.1 Å². The first kappa shape index (κ1) is 10.5. The van der Waals surface area contributed by atoms with Crippen LogP contribution in [0.3, 0.4) is 0 Å². The van der Waals surface area contributed by atoms with Crippen LogP contribution >= 0.6 is 0 Å². The fourth-order valence-electron chi connectivity index (χ4n) is 2.53. The van der Waals surface area contributed by atoms with Crippen LogP contribution < -0.4 is 4.90 Å². The van der Waals surface area contributed by atoms with Crippen molar-refractivity contribution in [3.8, 4) is 0 Å². The minimum atomic E-state index is 0.736. The van der Waals surface area contributed by atoms with Crippen molar-refractivity contribution in [3.05, 3.63) is 24.0 Å². The molecule has 0 radical (unpaired) electrons. The molecular formula is C13H20N2. The summed E-state index contributed by atoms with van der Waals surface area (Å²) in [5, 5.41) is 0. The third kappa shape index (κ3) is 2.31. The van der Waals surface area contributed by atoms with Crippen LogP contribution in [0, 0.1) is 6.92 Å². The van der Waals surface area contributed by atoms with Gasteiger partial charge in [-0.15, -0.1) is 0 Å². The summed E-state index contributed by atoms with van der Waals surface area (Å²) < 4.78 is 0. The van der Waals surface area contributed by atoms with Crippen molar-refractivity contribution in [1.82, 2.24) is 4.98 Å². The van der Waals surface area contributed by atoms with Crippen molar-refractivity contribution in [2.75, 3.05) is 11.9 Å². The van der Waals surface area contributed by atoms with E-state index in [0.717, 1.165) is 6.04 Å². The summed E-state index contributed by atoms with van der Waals surface area (Å²) in [4.78, 5) is 6.59. The monoisotopic (exact) mass is 204 g/mol. The van der Waals surface area contributed by atoms with Gasteiger partial charge in [0.15, 0.2) is 0 Å². The van der Waals surface area contributed by atoms with Crippen molar-refractivity contribution >= 4 is 5.69 Å². The fraction of sp³-hybridized carbons (Fsp3) is 0.615. The molecule has 15 heavy (non-hydrogen) atoms. The molecule has 1 aliphatic rings. The molecule has 1 heterocycles. The van der Waals surface area contributed by atoms with E-state index in [1.54, 1.807) is 0 Å². The minimum Gasteiger partial charge on any atom is -0.371 e. The van der Waals surface area contributed by atoms with Gasteiger partial charge in [-0.25, -0.2) is 0 Å². The van der Waals surface area contributed by atoms with E-state index in [1.165, 1.54) is 43.4 Å². The van der Waals surface area contributed by atoms with E-state index in [4.69, 9.17) is 0 Å². The van der Waals surface area contributed by atoms with Gasteiger partial charge >= 0.3 is 0 Å². The zero-order chi connectivity index (χ0) is 10.7. The zero-order valence-corrected chi connectivity index (χ0v) is 9.74. The van der Waals surface area contributed by atoms with Gasteiger partial charge in [-0.3, -0.25) is 4.98 Å². The molecule has 0 aromatic carbocycles. The number of hydrogen-bond acceptors (Lipinski definition) is 2. The summed E-state index contributed by atoms with van der Waals surface area (Å²) in [6.45, 7) is 2.14. The third-order valence-corrected chi connectivity index (χ3v) is 3.49. The molecule has 82 valence electrons. The topological polar surface area (TPSA) is 16.1 Å². The molecule has 2 nitrogen and oxygen atoms in total. The van der Waals surface area contributed by atoms with Crippen LogP contribution in [0.25, 0.3) is 0 Å². The summed E-state index contributed by atoms with van der Waals surface area (Å²) in [6, 6.07) is 2.86. The smallest absolute Gasteiger partial charge is 0.0426 e. The Hall–Kier alpha value is -1.05. The second-order valence-corrected chi connectivity index (χ2v) is 4.56. The SMILES string of the molecule is Cc1cnccc1N(C)C1CCCCC1. The van der Waals surface area contributed by atoms with E-state index in [1.807, 2.05) is 12.4 Å². The molecule has 0 unspecified atom stereocenters. The second kappa shape index (κ2) is 4.65. The first-order chi connectivity index (χ1) is 7.29. The second-order valence-electron chi connectivity index (χ2n) is 4.56. The molecule has 2 heteroatoms. The average molecular weight is 204 g/mol. The Morgan fingerprint density at radius 2 is 2.00 bits per heavy atom. The molecule has 1 fully saturated rings. The zero-order valence-electron chi connectivity index (χ0n) is 9.74. The van der Waals surface area contributed by atoms with Crippen LogP contribution in [0.1, 0.15) is 37.7 Å². The molecule has 1 aromatic rings. The lowest BCUT2D eigenvalue weighted by atomic mass is 9.94. The van der Waals surface area contributed by atoms with Gasteiger partial charge in [0, 0.05) is 31.2 Å². The summed E-state index contributed by atoms with van der Waals surface area (Å²) in [7, 11) is 2.22. The van der Waals surface area contributed by atoms with Crippen molar-refractivity contribution in [3.63, 3.8) is 0 Å². The first-order valence-corrected chi connectivity index (χ1v) is 5.92. The van der Waals surface area contributed by atoms with E-state index < -0.39 is 0 Å². The number of aryl methyl sites for hydroxylation is 1. The Bertz CT molecular complexity index is 316. The van der Waals surface area contributed by atoms with Gasteiger partial charge in [-0.1, -0.05) is 19.3 Å². The van der Waals surface area contributed by atoms with Gasteiger partial charge in [0.1, 0.15) is 0 Å². The maximum Gasteiger partial charge on any atom is 0.0426 e. The predicted octanol–water partition coefficient (Wildman–Crippen LogP) is 3.16. The Morgan fingerprint density at radius 1 is 1.27 bits per heavy atom. The van der Waals surface area contributed by atoms with Gasteiger partial charge in [-0.2, -0.15) is 0 Å². The molecule has 1 aliphatic carbocycles. The van der Waals surface area contributed by atoms with Gasteiger partial charge < -0.3 is 4.90 Å². The Balaban J connectivity index is 2.12. The quantitative estimate of drug-likeness (QED) is 0.735. The molecule has 0 aliphatic heterocycles. The van der Waals surface area contributed by atoms with E-state index >= 15 is 0 Å². The van der Waals surface area contributed by atoms with Gasteiger partial charge in [-0.05, 0) is 31.4 Å². The summed E-state index contributed by atoms with van der Waals surface area (Å²) >= 11 is 0. The fourth-order valence-corrected chi connectivity index (χ4v) is 2.53. The molecule has 1 aromatic heterocycles. The highest BCUT2D eigenvalue weighted by Gasteiger charge is 2.18. The third-order valence-electron chi connectivity index (χ3n) is 3.49. The molecular weight excluding hydrogens is 184 g/mol. The van der Waals surface area contributed by atoms with Crippen molar-refractivity contribution < 1.29 is 0 Å². The minimum absolute atomic E-state index is 0.736. The number of hydrogen-bond donors (Lipinski definition) is 0. The maximum atomic E-state index is 4.15. The number of anilines is 1. The predicted molar refractivity (Wildman–Crippen MR) is 64.3 cm³/mol. The standard InChI is InChI=1S/C13H20N2/c1-11-10-14-9-8-13(11)15(2)12-6-4-3-5-7-12/h8-10,12H,3-7H2,1-2H3. The average Bonchev–Trinajstić information content (AvgIpc) is 2.30. The lowest BCUT2D eigenvalue weighted by Crippen LogP contribution is -2.33. The van der Waals surface area contributed by atoms with Crippen LogP contribution in [-0.4, -0.2) is 18.1 Å². The number of rotatable bonds is 2. The summed E-state index contributed by atoms with van der Waals surface area (Å²) in [5.41, 5.74) is 2.63. The lowest BCUT2D eigenvalue weighted by Gasteiger charge is -2.33. The summed E-state index contributed by atoms with van der Waals surface area (Å²) in [6.07, 6.45) is 10.7. The first-order valence-electron chi connectivity index (χ1n) is 5.92. The van der Waals surface area contributed by atoms with E-state index in [-0.39, 0.29) is 0 Å². The highest BCUT2D eigenvalue weighted by molar-refractivity contribution is 5.51. The van der Waals surface area contributed by atoms with Crippen LogP contribution in [0.4, 0.5) is 5.69 Å². The molecule has 0 N–H and O–H groups in total. The molecule has 0 saturated heterocycles. The van der Waals surface area contributed by atoms with Crippen LogP contribution in [0.2, 0.25) is 0 Å². The number of pyridine rings is 1. The number of nitrogens with zero attached hydrogens (tertiary/aromatic N) is 2. The highest BCUT2D eigenvalue weighted by atomic mass is 15.1. The van der Waals surface area contributed by atoms with E-state index in [2.05, 4.69) is 29.9 Å². The van der Waals surface area contributed by atoms with E-state index in [9.17, 15) is 0 Å².